The Balaban J connectivity index is 1.31. The van der Waals surface area contributed by atoms with Crippen LogP contribution in [0.15, 0.2) is 37.1 Å². The van der Waals surface area contributed by atoms with E-state index in [4.69, 9.17) is 0 Å². The van der Waals surface area contributed by atoms with Gasteiger partial charge in [0.1, 0.15) is 5.82 Å². The molecule has 1 aliphatic heterocycles. The van der Waals surface area contributed by atoms with E-state index in [1.165, 1.54) is 0 Å². The number of carbonyl (C=O) groups is 1. The van der Waals surface area contributed by atoms with Gasteiger partial charge in [-0.2, -0.15) is 5.10 Å². The summed E-state index contributed by atoms with van der Waals surface area (Å²) in [5.74, 6) is 0.944. The minimum atomic E-state index is -0.455. The molecule has 0 spiro atoms. The van der Waals surface area contributed by atoms with Gasteiger partial charge in [-0.1, -0.05) is 0 Å². The lowest BCUT2D eigenvalue weighted by Gasteiger charge is -2.42. The van der Waals surface area contributed by atoms with Gasteiger partial charge in [0.25, 0.3) is 0 Å². The summed E-state index contributed by atoms with van der Waals surface area (Å²) in [7, 11) is 0. The number of aromatic nitrogens is 4. The number of aliphatic hydroxyl groups excluding tert-OH is 1. The van der Waals surface area contributed by atoms with Crippen LogP contribution in [-0.4, -0.2) is 56.0 Å². The molecule has 2 N–H and O–H groups in total. The maximum absolute atomic E-state index is 12.6. The maximum atomic E-state index is 12.6. The van der Waals surface area contributed by atoms with Crippen LogP contribution < -0.4 is 10.2 Å². The van der Waals surface area contributed by atoms with Gasteiger partial charge in [-0.3, -0.25) is 14.5 Å². The molecular weight excluding hydrogens is 320 g/mol. The smallest absolute Gasteiger partial charge is 0.223 e. The molecule has 0 aromatic carbocycles. The van der Waals surface area contributed by atoms with Crippen LogP contribution in [0.3, 0.4) is 0 Å². The van der Waals surface area contributed by atoms with Gasteiger partial charge in [-0.05, 0) is 25.3 Å². The molecule has 3 heterocycles. The Morgan fingerprint density at radius 2 is 2.08 bits per heavy atom. The van der Waals surface area contributed by atoms with Gasteiger partial charge in [0.2, 0.25) is 5.91 Å². The second-order valence-electron chi connectivity index (χ2n) is 6.72. The van der Waals surface area contributed by atoms with Crippen molar-refractivity contribution in [2.45, 2.75) is 37.5 Å². The third-order valence-corrected chi connectivity index (χ3v) is 5.20. The molecule has 132 valence electrons. The number of nitrogens with zero attached hydrogens (tertiary/aromatic N) is 5. The predicted octanol–water partition coefficient (Wildman–Crippen LogP) is 0.380. The quantitative estimate of drug-likeness (QED) is 0.834. The molecular formula is C17H22N6O2. The maximum Gasteiger partial charge on any atom is 0.223 e. The molecule has 0 radical (unpaired) electrons. The molecule has 2 aromatic heterocycles. The van der Waals surface area contributed by atoms with E-state index in [-0.39, 0.29) is 23.9 Å². The SMILES string of the molecule is O=C(N[C@H]1C[C@@H](O)[C@@H]1n1cccn1)C1CCN(c2cnccn2)CC1. The molecule has 2 fully saturated rings. The van der Waals surface area contributed by atoms with Crippen molar-refractivity contribution in [2.24, 2.45) is 5.92 Å². The van der Waals surface area contributed by atoms with E-state index in [9.17, 15) is 9.90 Å². The molecule has 0 bridgehead atoms. The molecule has 4 rings (SSSR count). The highest BCUT2D eigenvalue weighted by atomic mass is 16.3. The summed E-state index contributed by atoms with van der Waals surface area (Å²) < 4.78 is 1.73. The van der Waals surface area contributed by atoms with Crippen molar-refractivity contribution in [1.29, 1.82) is 0 Å². The average Bonchev–Trinajstić information content (AvgIpc) is 3.15. The summed E-state index contributed by atoms with van der Waals surface area (Å²) in [4.78, 5) is 23.2. The Bertz CT molecular complexity index is 699. The lowest BCUT2D eigenvalue weighted by Crippen LogP contribution is -2.57. The van der Waals surface area contributed by atoms with E-state index in [0.717, 1.165) is 31.7 Å². The van der Waals surface area contributed by atoms with Gasteiger partial charge in [0.05, 0.1) is 24.4 Å². The fourth-order valence-electron chi connectivity index (χ4n) is 3.70. The minimum absolute atomic E-state index is 0.00364. The Labute approximate surface area is 145 Å². The lowest BCUT2D eigenvalue weighted by atomic mass is 9.82. The van der Waals surface area contributed by atoms with Gasteiger partial charge in [0.15, 0.2) is 0 Å². The van der Waals surface area contributed by atoms with E-state index < -0.39 is 6.10 Å². The zero-order chi connectivity index (χ0) is 17.2. The summed E-state index contributed by atoms with van der Waals surface area (Å²) in [6.45, 7) is 1.60. The van der Waals surface area contributed by atoms with Crippen molar-refractivity contribution in [3.05, 3.63) is 37.1 Å². The first-order chi connectivity index (χ1) is 12.2. The van der Waals surface area contributed by atoms with Crippen LogP contribution >= 0.6 is 0 Å². The zero-order valence-electron chi connectivity index (χ0n) is 13.9. The number of nitrogens with one attached hydrogen (secondary N) is 1. The van der Waals surface area contributed by atoms with Crippen LogP contribution in [0.25, 0.3) is 0 Å². The van der Waals surface area contributed by atoms with E-state index in [1.54, 1.807) is 29.5 Å². The second kappa shape index (κ2) is 6.79. The molecule has 8 heteroatoms. The van der Waals surface area contributed by atoms with Crippen LogP contribution in [0.2, 0.25) is 0 Å². The zero-order valence-corrected chi connectivity index (χ0v) is 13.9. The van der Waals surface area contributed by atoms with E-state index >= 15 is 0 Å². The number of rotatable bonds is 4. The number of hydrogen-bond acceptors (Lipinski definition) is 6. The van der Waals surface area contributed by atoms with Gasteiger partial charge < -0.3 is 15.3 Å². The fraction of sp³-hybridized carbons (Fsp3) is 0.529. The Morgan fingerprint density at radius 1 is 1.24 bits per heavy atom. The number of hydrogen-bond donors (Lipinski definition) is 2. The molecule has 0 unspecified atom stereocenters. The molecule has 1 saturated heterocycles. The second-order valence-corrected chi connectivity index (χ2v) is 6.72. The van der Waals surface area contributed by atoms with Crippen molar-refractivity contribution in [3.63, 3.8) is 0 Å². The summed E-state index contributed by atoms with van der Waals surface area (Å²) in [5.41, 5.74) is 0. The van der Waals surface area contributed by atoms with E-state index in [0.29, 0.717) is 6.42 Å². The summed E-state index contributed by atoms with van der Waals surface area (Å²) in [6.07, 6.45) is 10.3. The summed E-state index contributed by atoms with van der Waals surface area (Å²) >= 11 is 0. The van der Waals surface area contributed by atoms with Crippen molar-refractivity contribution in [1.82, 2.24) is 25.1 Å². The molecule has 2 aliphatic rings. The largest absolute Gasteiger partial charge is 0.391 e. The average molecular weight is 342 g/mol. The summed E-state index contributed by atoms with van der Waals surface area (Å²) in [6, 6.07) is 1.60. The fourth-order valence-corrected chi connectivity index (χ4v) is 3.70. The first kappa shape index (κ1) is 16.0. The number of aliphatic hydroxyl groups is 1. The van der Waals surface area contributed by atoms with Crippen molar-refractivity contribution >= 4 is 11.7 Å². The van der Waals surface area contributed by atoms with Crippen LogP contribution in [0.1, 0.15) is 25.3 Å². The Kier molecular flexibility index (Phi) is 4.35. The van der Waals surface area contributed by atoms with Gasteiger partial charge in [-0.25, -0.2) is 4.98 Å². The van der Waals surface area contributed by atoms with Crippen LogP contribution in [-0.2, 0) is 4.79 Å². The molecule has 25 heavy (non-hydrogen) atoms. The van der Waals surface area contributed by atoms with Crippen molar-refractivity contribution in [3.8, 4) is 0 Å². The van der Waals surface area contributed by atoms with Crippen LogP contribution in [0.4, 0.5) is 5.82 Å². The molecule has 3 atom stereocenters. The topological polar surface area (TPSA) is 96.2 Å². The Morgan fingerprint density at radius 3 is 2.72 bits per heavy atom. The number of anilines is 1. The highest BCUT2D eigenvalue weighted by Gasteiger charge is 2.43. The third-order valence-electron chi connectivity index (χ3n) is 5.20. The first-order valence-electron chi connectivity index (χ1n) is 8.71. The first-order valence-corrected chi connectivity index (χ1v) is 8.71. The lowest BCUT2D eigenvalue weighted by molar-refractivity contribution is -0.129. The van der Waals surface area contributed by atoms with Crippen LogP contribution in [0.5, 0.6) is 0 Å². The minimum Gasteiger partial charge on any atom is -0.391 e. The van der Waals surface area contributed by atoms with Crippen molar-refractivity contribution < 1.29 is 9.90 Å². The molecule has 2 aromatic rings. The number of piperidine rings is 1. The third kappa shape index (κ3) is 3.21. The van der Waals surface area contributed by atoms with E-state index in [1.807, 2.05) is 12.3 Å². The predicted molar refractivity (Wildman–Crippen MR) is 90.8 cm³/mol. The van der Waals surface area contributed by atoms with E-state index in [2.05, 4.69) is 25.3 Å². The molecule has 1 saturated carbocycles. The molecule has 1 aliphatic carbocycles. The monoisotopic (exact) mass is 342 g/mol. The highest BCUT2D eigenvalue weighted by Crippen LogP contribution is 2.33. The highest BCUT2D eigenvalue weighted by molar-refractivity contribution is 5.79. The summed E-state index contributed by atoms with van der Waals surface area (Å²) in [5, 5.41) is 17.3. The van der Waals surface area contributed by atoms with Gasteiger partial charge in [0, 0.05) is 43.8 Å². The van der Waals surface area contributed by atoms with Crippen LogP contribution in [0, 0.1) is 5.92 Å². The standard InChI is InChI=1S/C17H22N6O2/c24-14-10-13(16(14)23-7-1-4-20-23)21-17(25)12-2-8-22(9-3-12)15-11-18-5-6-19-15/h1,4-7,11-14,16,24H,2-3,8-10H2,(H,21,25)/t13-,14+,16+/m0/s1. The van der Waals surface area contributed by atoms with Crippen molar-refractivity contribution in [2.75, 3.05) is 18.0 Å². The Hall–Kier alpha value is -2.48. The molecule has 8 nitrogen and oxygen atoms in total. The molecule has 1 amide bonds. The number of amides is 1. The van der Waals surface area contributed by atoms with Gasteiger partial charge in [-0.15, -0.1) is 0 Å². The van der Waals surface area contributed by atoms with Gasteiger partial charge >= 0.3 is 0 Å². The number of carbonyl (C=O) groups excluding carboxylic acids is 1. The normalized spacial score (nSPS) is 26.9.